The lowest BCUT2D eigenvalue weighted by Crippen LogP contribution is -2.46. The number of rotatable bonds is 7. The number of piperidine rings is 1. The largest absolute Gasteiger partial charge is 0.434 e. The molecule has 7 nitrogen and oxygen atoms in total. The number of halogens is 2. The third-order valence-corrected chi connectivity index (χ3v) is 3.87. The molecule has 0 radical (unpaired) electrons. The topological polar surface area (TPSA) is 83.0 Å². The van der Waals surface area contributed by atoms with Crippen LogP contribution < -0.4 is 15.4 Å². The zero-order chi connectivity index (χ0) is 18.9. The van der Waals surface area contributed by atoms with E-state index in [1.807, 2.05) is 0 Å². The number of hydrogen-bond acceptors (Lipinski definition) is 4. The van der Waals surface area contributed by atoms with Crippen molar-refractivity contribution in [2.24, 2.45) is 4.99 Å². The zero-order valence-electron chi connectivity index (χ0n) is 14.5. The summed E-state index contributed by atoms with van der Waals surface area (Å²) in [6.45, 7) is -2.08. The van der Waals surface area contributed by atoms with Crippen LogP contribution in [0.3, 0.4) is 0 Å². The molecule has 142 valence electrons. The first kappa shape index (κ1) is 19.6. The molecule has 1 saturated heterocycles. The van der Waals surface area contributed by atoms with Crippen molar-refractivity contribution >= 4 is 17.8 Å². The van der Waals surface area contributed by atoms with Crippen molar-refractivity contribution in [2.45, 2.75) is 32.4 Å². The van der Waals surface area contributed by atoms with Crippen molar-refractivity contribution in [3.05, 3.63) is 29.8 Å². The minimum atomic E-state index is -2.90. The van der Waals surface area contributed by atoms with Crippen LogP contribution in [0.5, 0.6) is 5.75 Å². The van der Waals surface area contributed by atoms with E-state index in [0.29, 0.717) is 37.3 Å². The number of ether oxygens (including phenoxy) is 1. The van der Waals surface area contributed by atoms with Gasteiger partial charge in [-0.1, -0.05) is 18.2 Å². The van der Waals surface area contributed by atoms with Gasteiger partial charge in [0.05, 0.1) is 0 Å². The summed E-state index contributed by atoms with van der Waals surface area (Å²) in [6, 6.07) is 6.47. The van der Waals surface area contributed by atoms with Crippen molar-refractivity contribution in [1.82, 2.24) is 15.5 Å². The highest BCUT2D eigenvalue weighted by Gasteiger charge is 2.25. The van der Waals surface area contributed by atoms with Crippen LogP contribution in [0.2, 0.25) is 0 Å². The van der Waals surface area contributed by atoms with Crippen LogP contribution >= 0.6 is 0 Å². The van der Waals surface area contributed by atoms with Gasteiger partial charge < -0.3 is 15.4 Å². The van der Waals surface area contributed by atoms with Crippen LogP contribution in [0.25, 0.3) is 0 Å². The highest BCUT2D eigenvalue weighted by atomic mass is 19.3. The molecule has 0 spiro atoms. The Morgan fingerprint density at radius 2 is 1.92 bits per heavy atom. The van der Waals surface area contributed by atoms with E-state index < -0.39 is 6.61 Å². The van der Waals surface area contributed by atoms with Crippen LogP contribution in [-0.4, -0.2) is 49.4 Å². The van der Waals surface area contributed by atoms with E-state index in [9.17, 15) is 18.4 Å². The van der Waals surface area contributed by atoms with E-state index in [0.717, 1.165) is 0 Å². The number of nitrogens with zero attached hydrogens (tertiary/aromatic N) is 2. The number of hydrogen-bond donors (Lipinski definition) is 2. The zero-order valence-corrected chi connectivity index (χ0v) is 14.5. The molecule has 9 heteroatoms. The molecule has 1 aliphatic rings. The lowest BCUT2D eigenvalue weighted by molar-refractivity contribution is -0.147. The average molecular weight is 368 g/mol. The third kappa shape index (κ3) is 5.68. The number of alkyl halides is 2. The van der Waals surface area contributed by atoms with Gasteiger partial charge in [0.25, 0.3) is 0 Å². The number of guanidine groups is 1. The molecule has 26 heavy (non-hydrogen) atoms. The van der Waals surface area contributed by atoms with Gasteiger partial charge in [-0.15, -0.1) is 0 Å². The fourth-order valence-electron chi connectivity index (χ4n) is 2.60. The lowest BCUT2D eigenvalue weighted by Gasteiger charge is -2.25. The molecule has 1 aliphatic heterocycles. The molecule has 2 N–H and O–H groups in total. The Labute approximate surface area is 150 Å². The van der Waals surface area contributed by atoms with Crippen molar-refractivity contribution in [3.63, 3.8) is 0 Å². The van der Waals surface area contributed by atoms with Crippen molar-refractivity contribution in [3.8, 4) is 5.75 Å². The number of imide groups is 1. The first-order chi connectivity index (χ1) is 12.5. The Hall–Kier alpha value is -2.71. The van der Waals surface area contributed by atoms with E-state index in [1.165, 1.54) is 11.0 Å². The number of benzene rings is 1. The summed E-state index contributed by atoms with van der Waals surface area (Å²) in [5.41, 5.74) is 0.553. The number of para-hydroxylation sites is 1. The second-order valence-corrected chi connectivity index (χ2v) is 5.63. The molecule has 2 rings (SSSR count). The molecule has 1 aromatic carbocycles. The monoisotopic (exact) mass is 368 g/mol. The summed E-state index contributed by atoms with van der Waals surface area (Å²) in [7, 11) is 1.56. The fraction of sp³-hybridized carbons (Fsp3) is 0.471. The first-order valence-electron chi connectivity index (χ1n) is 8.31. The van der Waals surface area contributed by atoms with Crippen LogP contribution in [0.15, 0.2) is 29.3 Å². The van der Waals surface area contributed by atoms with E-state index in [2.05, 4.69) is 20.4 Å². The van der Waals surface area contributed by atoms with Gasteiger partial charge >= 0.3 is 6.61 Å². The summed E-state index contributed by atoms with van der Waals surface area (Å²) >= 11 is 0. The SMILES string of the molecule is CN=C(NCCN1C(=O)CCCC1=O)NCc1ccccc1OC(F)F. The number of nitrogens with one attached hydrogen (secondary N) is 2. The Balaban J connectivity index is 1.83. The summed E-state index contributed by atoms with van der Waals surface area (Å²) < 4.78 is 29.3. The number of carbonyl (C=O) groups is 2. The van der Waals surface area contributed by atoms with Crippen LogP contribution in [-0.2, 0) is 16.1 Å². The Bertz CT molecular complexity index is 651. The van der Waals surface area contributed by atoms with E-state index in [4.69, 9.17) is 0 Å². The Morgan fingerprint density at radius 1 is 1.23 bits per heavy atom. The summed E-state index contributed by atoms with van der Waals surface area (Å²) in [5, 5.41) is 5.98. The molecule has 0 aromatic heterocycles. The molecule has 1 fully saturated rings. The molecular weight excluding hydrogens is 346 g/mol. The van der Waals surface area contributed by atoms with Crippen LogP contribution in [0.1, 0.15) is 24.8 Å². The van der Waals surface area contributed by atoms with E-state index >= 15 is 0 Å². The maximum absolute atomic E-state index is 12.4. The highest BCUT2D eigenvalue weighted by molar-refractivity contribution is 5.97. The Kier molecular flexibility index (Phi) is 7.31. The van der Waals surface area contributed by atoms with Gasteiger partial charge in [0.1, 0.15) is 5.75 Å². The number of likely N-dealkylation sites (tertiary alicyclic amines) is 1. The average Bonchev–Trinajstić information content (AvgIpc) is 2.61. The minimum Gasteiger partial charge on any atom is -0.434 e. The first-order valence-corrected chi connectivity index (χ1v) is 8.31. The van der Waals surface area contributed by atoms with Gasteiger partial charge in [0.15, 0.2) is 5.96 Å². The van der Waals surface area contributed by atoms with Gasteiger partial charge in [-0.3, -0.25) is 19.5 Å². The van der Waals surface area contributed by atoms with E-state index in [1.54, 1.807) is 25.2 Å². The van der Waals surface area contributed by atoms with Crippen LogP contribution in [0.4, 0.5) is 8.78 Å². The van der Waals surface area contributed by atoms with Gasteiger partial charge in [0.2, 0.25) is 11.8 Å². The van der Waals surface area contributed by atoms with Gasteiger partial charge in [-0.05, 0) is 12.5 Å². The van der Waals surface area contributed by atoms with Gasteiger partial charge in [0, 0.05) is 45.1 Å². The summed E-state index contributed by atoms with van der Waals surface area (Å²) in [6.07, 6.45) is 1.38. The predicted octanol–water partition coefficient (Wildman–Crippen LogP) is 1.49. The molecule has 1 heterocycles. The smallest absolute Gasteiger partial charge is 0.387 e. The fourth-order valence-corrected chi connectivity index (χ4v) is 2.60. The Morgan fingerprint density at radius 3 is 2.58 bits per heavy atom. The summed E-state index contributed by atoms with van der Waals surface area (Å²) in [5.74, 6) is 0.192. The molecule has 0 saturated carbocycles. The molecule has 0 aliphatic carbocycles. The molecule has 1 aromatic rings. The van der Waals surface area contributed by atoms with Crippen molar-refractivity contribution < 1.29 is 23.1 Å². The van der Waals surface area contributed by atoms with Gasteiger partial charge in [-0.2, -0.15) is 8.78 Å². The second-order valence-electron chi connectivity index (χ2n) is 5.63. The quantitative estimate of drug-likeness (QED) is 0.433. The highest BCUT2D eigenvalue weighted by Crippen LogP contribution is 2.19. The van der Waals surface area contributed by atoms with Crippen molar-refractivity contribution in [1.29, 1.82) is 0 Å². The number of aliphatic imine (C=N–C) groups is 1. The molecular formula is C17H22F2N4O3. The molecule has 0 atom stereocenters. The standard InChI is InChI=1S/C17H22F2N4O3/c1-20-17(21-9-10-23-14(24)7-4-8-15(23)25)22-11-12-5-2-3-6-13(12)26-16(18)19/h2-3,5-6,16H,4,7-11H2,1H3,(H2,20,21,22). The van der Waals surface area contributed by atoms with Gasteiger partial charge in [-0.25, -0.2) is 0 Å². The molecule has 0 unspecified atom stereocenters. The molecule has 2 amide bonds. The van der Waals surface area contributed by atoms with Crippen LogP contribution in [0, 0.1) is 0 Å². The maximum Gasteiger partial charge on any atom is 0.387 e. The lowest BCUT2D eigenvalue weighted by atomic mass is 10.1. The van der Waals surface area contributed by atoms with Crippen molar-refractivity contribution in [2.75, 3.05) is 20.1 Å². The normalized spacial score (nSPS) is 15.4. The number of carbonyl (C=O) groups excluding carboxylic acids is 2. The third-order valence-electron chi connectivity index (χ3n) is 3.87. The molecule has 0 bridgehead atoms. The number of amides is 2. The summed E-state index contributed by atoms with van der Waals surface area (Å²) in [4.78, 5) is 28.8. The predicted molar refractivity (Wildman–Crippen MR) is 91.8 cm³/mol. The van der Waals surface area contributed by atoms with E-state index in [-0.39, 0.29) is 30.7 Å². The second kappa shape index (κ2) is 9.69. The maximum atomic E-state index is 12.4. The minimum absolute atomic E-state index is 0.0926.